The second-order valence-corrected chi connectivity index (χ2v) is 7.83. The van der Waals surface area contributed by atoms with E-state index in [0.717, 1.165) is 16.7 Å². The van der Waals surface area contributed by atoms with Crippen molar-refractivity contribution >= 4 is 17.7 Å². The highest BCUT2D eigenvalue weighted by Crippen LogP contribution is 2.33. The Balaban J connectivity index is 2.08. The van der Waals surface area contributed by atoms with Gasteiger partial charge in [0, 0.05) is 22.6 Å². The molecule has 0 saturated heterocycles. The second-order valence-electron chi connectivity index (χ2n) is 7.42. The Kier molecular flexibility index (Phi) is 6.69. The number of tetrazole rings is 1. The number of hydrogen-bond acceptors (Lipinski definition) is 6. The zero-order chi connectivity index (χ0) is 21.8. The zero-order valence-electron chi connectivity index (χ0n) is 17.3. The predicted octanol–water partition coefficient (Wildman–Crippen LogP) is 3.88. The summed E-state index contributed by atoms with van der Waals surface area (Å²) in [4.78, 5) is 12.2. The molecule has 9 heteroatoms. The van der Waals surface area contributed by atoms with Crippen LogP contribution < -0.4 is 10.1 Å². The molecule has 0 saturated carbocycles. The van der Waals surface area contributed by atoms with Crippen LogP contribution in [0.25, 0.3) is 16.8 Å². The van der Waals surface area contributed by atoms with E-state index in [9.17, 15) is 4.79 Å². The molecule has 1 heterocycles. The van der Waals surface area contributed by atoms with Gasteiger partial charge in [-0.05, 0) is 53.6 Å². The van der Waals surface area contributed by atoms with Gasteiger partial charge in [0.15, 0.2) is 5.82 Å². The van der Waals surface area contributed by atoms with Crippen LogP contribution in [-0.4, -0.2) is 44.1 Å². The summed E-state index contributed by atoms with van der Waals surface area (Å²) in [6, 6.07) is 10.6. The molecule has 1 unspecified atom stereocenters. The van der Waals surface area contributed by atoms with Gasteiger partial charge in [-0.3, -0.25) is 0 Å². The highest BCUT2D eigenvalue weighted by atomic mass is 35.5. The number of aromatic nitrogens is 4. The highest BCUT2D eigenvalue weighted by Gasteiger charge is 2.17. The SMILES string of the molecule is Cc1ccc(-c2cc(OC(=O)NC(C)CO)cc(-n3nnnc3C(C)C)c2)c(Cl)c1. The maximum Gasteiger partial charge on any atom is 0.412 e. The minimum atomic E-state index is -0.671. The summed E-state index contributed by atoms with van der Waals surface area (Å²) in [7, 11) is 0. The van der Waals surface area contributed by atoms with Crippen LogP contribution >= 0.6 is 11.6 Å². The lowest BCUT2D eigenvalue weighted by Crippen LogP contribution is -2.37. The molecule has 3 rings (SSSR count). The first-order valence-corrected chi connectivity index (χ1v) is 9.95. The highest BCUT2D eigenvalue weighted by molar-refractivity contribution is 6.33. The van der Waals surface area contributed by atoms with E-state index in [4.69, 9.17) is 21.4 Å². The van der Waals surface area contributed by atoms with Crippen LogP contribution in [-0.2, 0) is 0 Å². The second kappa shape index (κ2) is 9.23. The van der Waals surface area contributed by atoms with Crippen molar-refractivity contribution in [2.45, 2.75) is 39.7 Å². The number of aliphatic hydroxyl groups is 1. The van der Waals surface area contributed by atoms with E-state index >= 15 is 0 Å². The van der Waals surface area contributed by atoms with Crippen LogP contribution in [0.3, 0.4) is 0 Å². The summed E-state index contributed by atoms with van der Waals surface area (Å²) in [6.07, 6.45) is -0.671. The van der Waals surface area contributed by atoms with Gasteiger partial charge in [-0.1, -0.05) is 37.6 Å². The van der Waals surface area contributed by atoms with Crippen LogP contribution in [0, 0.1) is 6.92 Å². The molecule has 3 aromatic rings. The van der Waals surface area contributed by atoms with Crippen LogP contribution in [0.1, 0.15) is 38.1 Å². The van der Waals surface area contributed by atoms with Gasteiger partial charge in [0.2, 0.25) is 0 Å². The Morgan fingerprint density at radius 2 is 2.00 bits per heavy atom. The number of halogens is 1. The van der Waals surface area contributed by atoms with E-state index < -0.39 is 12.1 Å². The van der Waals surface area contributed by atoms with Gasteiger partial charge < -0.3 is 15.2 Å². The van der Waals surface area contributed by atoms with Gasteiger partial charge in [-0.25, -0.2) is 4.79 Å². The van der Waals surface area contributed by atoms with E-state index in [1.807, 2.05) is 45.0 Å². The van der Waals surface area contributed by atoms with Gasteiger partial charge in [0.05, 0.1) is 18.3 Å². The first-order chi connectivity index (χ1) is 14.3. The Labute approximate surface area is 179 Å². The van der Waals surface area contributed by atoms with Crippen molar-refractivity contribution in [1.82, 2.24) is 25.5 Å². The molecular weight excluding hydrogens is 406 g/mol. The number of rotatable bonds is 6. The first kappa shape index (κ1) is 21.7. The quantitative estimate of drug-likeness (QED) is 0.616. The molecule has 1 aromatic heterocycles. The summed E-state index contributed by atoms with van der Waals surface area (Å²) in [5.74, 6) is 1.06. The molecule has 1 atom stereocenters. The number of amides is 1. The number of hydrogen-bond donors (Lipinski definition) is 2. The molecule has 0 spiro atoms. The zero-order valence-corrected chi connectivity index (χ0v) is 18.0. The molecule has 0 fully saturated rings. The Morgan fingerprint density at radius 1 is 1.23 bits per heavy atom. The van der Waals surface area contributed by atoms with Crippen molar-refractivity contribution < 1.29 is 14.6 Å². The Hall–Kier alpha value is -2.97. The number of carbonyl (C=O) groups excluding carboxylic acids is 1. The molecule has 158 valence electrons. The normalized spacial score (nSPS) is 12.1. The summed E-state index contributed by atoms with van der Waals surface area (Å²) in [6.45, 7) is 7.42. The van der Waals surface area contributed by atoms with Crippen molar-refractivity contribution in [3.05, 3.63) is 52.8 Å². The fourth-order valence-electron chi connectivity index (χ4n) is 2.90. The van der Waals surface area contributed by atoms with E-state index in [1.165, 1.54) is 0 Å². The molecule has 2 aromatic carbocycles. The molecule has 8 nitrogen and oxygen atoms in total. The number of aliphatic hydroxyl groups excluding tert-OH is 1. The van der Waals surface area contributed by atoms with Gasteiger partial charge >= 0.3 is 6.09 Å². The third-order valence-electron chi connectivity index (χ3n) is 4.43. The molecule has 30 heavy (non-hydrogen) atoms. The monoisotopic (exact) mass is 429 g/mol. The van der Waals surface area contributed by atoms with Gasteiger partial charge in [-0.2, -0.15) is 4.68 Å². The Bertz CT molecular complexity index is 1050. The standard InChI is InChI=1S/C21H24ClN5O3/c1-12(2)20-24-25-26-27(20)16-8-15(18-6-5-13(3)7-19(18)22)9-17(10-16)30-21(29)23-14(4)11-28/h5-10,12,14,28H,11H2,1-4H3,(H,23,29). The summed E-state index contributed by atoms with van der Waals surface area (Å²) >= 11 is 6.47. The van der Waals surface area contributed by atoms with Crippen LogP contribution in [0.15, 0.2) is 36.4 Å². The van der Waals surface area contributed by atoms with Gasteiger partial charge in [0.25, 0.3) is 0 Å². The van der Waals surface area contributed by atoms with Crippen molar-refractivity contribution in [2.75, 3.05) is 6.61 Å². The number of carbonyl (C=O) groups is 1. The smallest absolute Gasteiger partial charge is 0.410 e. The molecule has 0 aliphatic carbocycles. The van der Waals surface area contributed by atoms with E-state index in [0.29, 0.717) is 22.3 Å². The molecule has 0 bridgehead atoms. The van der Waals surface area contributed by atoms with Crippen LogP contribution in [0.5, 0.6) is 5.75 Å². The summed E-state index contributed by atoms with van der Waals surface area (Å²) < 4.78 is 7.07. The largest absolute Gasteiger partial charge is 0.412 e. The Morgan fingerprint density at radius 3 is 2.67 bits per heavy atom. The number of benzene rings is 2. The van der Waals surface area contributed by atoms with E-state index in [-0.39, 0.29) is 12.5 Å². The average molecular weight is 430 g/mol. The van der Waals surface area contributed by atoms with Crippen LogP contribution in [0.4, 0.5) is 4.79 Å². The van der Waals surface area contributed by atoms with Crippen LogP contribution in [0.2, 0.25) is 5.02 Å². The third-order valence-corrected chi connectivity index (χ3v) is 4.74. The van der Waals surface area contributed by atoms with Gasteiger partial charge in [-0.15, -0.1) is 5.10 Å². The maximum atomic E-state index is 12.2. The van der Waals surface area contributed by atoms with Crippen molar-refractivity contribution in [3.8, 4) is 22.6 Å². The fourth-order valence-corrected chi connectivity index (χ4v) is 3.24. The summed E-state index contributed by atoms with van der Waals surface area (Å²) in [5, 5.41) is 24.2. The van der Waals surface area contributed by atoms with Crippen molar-refractivity contribution in [3.63, 3.8) is 0 Å². The van der Waals surface area contributed by atoms with Crippen molar-refractivity contribution in [1.29, 1.82) is 0 Å². The molecular formula is C21H24ClN5O3. The molecule has 2 N–H and O–H groups in total. The number of nitrogens with zero attached hydrogens (tertiary/aromatic N) is 4. The molecule has 0 aliphatic heterocycles. The molecule has 0 aliphatic rings. The molecule has 0 radical (unpaired) electrons. The van der Waals surface area contributed by atoms with E-state index in [2.05, 4.69) is 20.8 Å². The topological polar surface area (TPSA) is 102 Å². The van der Waals surface area contributed by atoms with Gasteiger partial charge in [0.1, 0.15) is 5.75 Å². The maximum absolute atomic E-state index is 12.2. The minimum absolute atomic E-state index is 0.0877. The average Bonchev–Trinajstić information content (AvgIpc) is 3.17. The first-order valence-electron chi connectivity index (χ1n) is 9.58. The summed E-state index contributed by atoms with van der Waals surface area (Å²) in [5.41, 5.74) is 3.21. The number of ether oxygens (including phenoxy) is 1. The van der Waals surface area contributed by atoms with Crippen molar-refractivity contribution in [2.24, 2.45) is 0 Å². The fraction of sp³-hybridized carbons (Fsp3) is 0.333. The minimum Gasteiger partial charge on any atom is -0.410 e. The van der Waals surface area contributed by atoms with E-state index in [1.54, 1.807) is 23.7 Å². The lowest BCUT2D eigenvalue weighted by molar-refractivity contribution is 0.186. The third kappa shape index (κ3) is 4.95. The number of aryl methyl sites for hydroxylation is 1. The predicted molar refractivity (Wildman–Crippen MR) is 114 cm³/mol. The number of nitrogens with one attached hydrogen (secondary N) is 1. The lowest BCUT2D eigenvalue weighted by Gasteiger charge is -2.15. The molecule has 1 amide bonds. The lowest BCUT2D eigenvalue weighted by atomic mass is 10.0.